The molecule has 6 nitrogen and oxygen atoms in total. The van der Waals surface area contributed by atoms with E-state index in [0.29, 0.717) is 25.6 Å². The van der Waals surface area contributed by atoms with Crippen molar-refractivity contribution in [3.05, 3.63) is 35.4 Å². The van der Waals surface area contributed by atoms with Crippen LogP contribution in [0.4, 0.5) is 0 Å². The lowest BCUT2D eigenvalue weighted by Crippen LogP contribution is -2.48. The lowest BCUT2D eigenvalue weighted by atomic mass is 10.1. The number of carbonyl (C=O) groups is 1. The van der Waals surface area contributed by atoms with Crippen LogP contribution in [-0.4, -0.2) is 60.4 Å². The highest BCUT2D eigenvalue weighted by Crippen LogP contribution is 2.16. The number of carbonyl (C=O) groups excluding carboxylic acids is 1. The van der Waals surface area contributed by atoms with E-state index < -0.39 is 0 Å². The Kier molecular flexibility index (Phi) is 8.35. The van der Waals surface area contributed by atoms with Gasteiger partial charge in [-0.05, 0) is 50.3 Å². The molecular formula is C23H37N5O. The predicted octanol–water partition coefficient (Wildman–Crippen LogP) is 2.74. The van der Waals surface area contributed by atoms with Crippen LogP contribution in [-0.2, 0) is 17.9 Å². The monoisotopic (exact) mass is 399 g/mol. The molecule has 29 heavy (non-hydrogen) atoms. The van der Waals surface area contributed by atoms with E-state index in [1.165, 1.54) is 50.0 Å². The van der Waals surface area contributed by atoms with Gasteiger partial charge < -0.3 is 20.4 Å². The maximum absolute atomic E-state index is 11.9. The quantitative estimate of drug-likeness (QED) is 0.521. The first-order valence-corrected chi connectivity index (χ1v) is 11.3. The Morgan fingerprint density at radius 2 is 1.97 bits per heavy atom. The zero-order valence-electron chi connectivity index (χ0n) is 18.1. The van der Waals surface area contributed by atoms with Crippen LogP contribution >= 0.6 is 0 Å². The van der Waals surface area contributed by atoms with E-state index in [0.717, 1.165) is 25.5 Å². The van der Waals surface area contributed by atoms with Crippen molar-refractivity contribution in [1.82, 2.24) is 20.4 Å². The highest BCUT2D eigenvalue weighted by molar-refractivity contribution is 5.80. The summed E-state index contributed by atoms with van der Waals surface area (Å²) in [4.78, 5) is 21.2. The summed E-state index contributed by atoms with van der Waals surface area (Å²) in [5.41, 5.74) is 2.37. The fourth-order valence-corrected chi connectivity index (χ4v) is 4.22. The fourth-order valence-electron chi connectivity index (χ4n) is 4.22. The number of guanidine groups is 1. The average molecular weight is 400 g/mol. The van der Waals surface area contributed by atoms with E-state index in [4.69, 9.17) is 4.99 Å². The van der Waals surface area contributed by atoms with Crippen molar-refractivity contribution in [2.75, 3.05) is 32.7 Å². The minimum Gasteiger partial charge on any atom is -0.357 e. The molecular weight excluding hydrogens is 362 g/mol. The van der Waals surface area contributed by atoms with Crippen LogP contribution in [0.3, 0.4) is 0 Å². The summed E-state index contributed by atoms with van der Waals surface area (Å²) in [6.45, 7) is 11.0. The third-order valence-corrected chi connectivity index (χ3v) is 5.77. The molecule has 2 aliphatic rings. The van der Waals surface area contributed by atoms with Gasteiger partial charge in [0.2, 0.25) is 5.91 Å². The minimum absolute atomic E-state index is 0.275. The maximum atomic E-state index is 11.9. The number of rotatable bonds is 8. The highest BCUT2D eigenvalue weighted by atomic mass is 16.2. The molecule has 0 unspecified atom stereocenters. The third kappa shape index (κ3) is 6.74. The summed E-state index contributed by atoms with van der Waals surface area (Å²) in [7, 11) is 0. The SMILES string of the molecule is CCCN1CCC(NC(=NCc2cccc(CN3CCCC3=O)c2)NCC)CC1. The first-order valence-electron chi connectivity index (χ1n) is 11.3. The standard InChI is InChI=1S/C23H37N5O/c1-3-12-27-14-10-21(11-15-27)26-23(24-4-2)25-17-19-7-5-8-20(16-19)18-28-13-6-9-22(28)29/h5,7-8,16,21H,3-4,6,9-15,17-18H2,1-2H3,(H2,24,25,26). The van der Waals surface area contributed by atoms with Crippen LogP contribution in [0.15, 0.2) is 29.3 Å². The van der Waals surface area contributed by atoms with Crippen molar-refractivity contribution in [3.63, 3.8) is 0 Å². The summed E-state index contributed by atoms with van der Waals surface area (Å²) in [6, 6.07) is 8.97. The van der Waals surface area contributed by atoms with Crippen molar-refractivity contribution >= 4 is 11.9 Å². The van der Waals surface area contributed by atoms with E-state index in [1.807, 2.05) is 4.90 Å². The number of benzene rings is 1. The van der Waals surface area contributed by atoms with Crippen LogP contribution in [0, 0.1) is 0 Å². The summed E-state index contributed by atoms with van der Waals surface area (Å²) in [6.07, 6.45) is 5.25. The first kappa shape index (κ1) is 21.6. The predicted molar refractivity (Wildman–Crippen MR) is 119 cm³/mol. The molecule has 0 aromatic heterocycles. The van der Waals surface area contributed by atoms with Crippen LogP contribution in [0.1, 0.15) is 57.1 Å². The Morgan fingerprint density at radius 1 is 1.17 bits per heavy atom. The van der Waals surface area contributed by atoms with E-state index >= 15 is 0 Å². The van der Waals surface area contributed by atoms with Crippen LogP contribution in [0.2, 0.25) is 0 Å². The average Bonchev–Trinajstić information content (AvgIpc) is 3.13. The van der Waals surface area contributed by atoms with E-state index in [2.05, 4.69) is 53.6 Å². The molecule has 0 saturated carbocycles. The third-order valence-electron chi connectivity index (χ3n) is 5.77. The van der Waals surface area contributed by atoms with E-state index in [-0.39, 0.29) is 5.91 Å². The normalized spacial score (nSPS) is 19.0. The zero-order valence-corrected chi connectivity index (χ0v) is 18.1. The molecule has 160 valence electrons. The Bertz CT molecular complexity index is 682. The lowest BCUT2D eigenvalue weighted by Gasteiger charge is -2.32. The van der Waals surface area contributed by atoms with Gasteiger partial charge in [0.25, 0.3) is 0 Å². The summed E-state index contributed by atoms with van der Waals surface area (Å²) in [5, 5.41) is 7.02. The van der Waals surface area contributed by atoms with Crippen molar-refractivity contribution < 1.29 is 4.79 Å². The molecule has 2 N–H and O–H groups in total. The van der Waals surface area contributed by atoms with Crippen molar-refractivity contribution in [1.29, 1.82) is 0 Å². The Hall–Kier alpha value is -2.08. The summed E-state index contributed by atoms with van der Waals surface area (Å²) >= 11 is 0. The van der Waals surface area contributed by atoms with E-state index in [9.17, 15) is 4.79 Å². The van der Waals surface area contributed by atoms with Gasteiger partial charge in [0.05, 0.1) is 6.54 Å². The second kappa shape index (κ2) is 11.2. The van der Waals surface area contributed by atoms with Gasteiger partial charge in [-0.2, -0.15) is 0 Å². The number of aliphatic imine (C=N–C) groups is 1. The van der Waals surface area contributed by atoms with Gasteiger partial charge in [0, 0.05) is 45.2 Å². The molecule has 2 fully saturated rings. The number of nitrogens with zero attached hydrogens (tertiary/aromatic N) is 3. The minimum atomic E-state index is 0.275. The number of likely N-dealkylation sites (tertiary alicyclic amines) is 2. The number of hydrogen-bond acceptors (Lipinski definition) is 3. The van der Waals surface area contributed by atoms with Crippen molar-refractivity contribution in [3.8, 4) is 0 Å². The molecule has 1 aromatic carbocycles. The van der Waals surface area contributed by atoms with Gasteiger partial charge in [-0.25, -0.2) is 4.99 Å². The number of amides is 1. The second-order valence-electron chi connectivity index (χ2n) is 8.19. The van der Waals surface area contributed by atoms with E-state index in [1.54, 1.807) is 0 Å². The van der Waals surface area contributed by atoms with Crippen LogP contribution < -0.4 is 10.6 Å². The van der Waals surface area contributed by atoms with Gasteiger partial charge in [0.1, 0.15) is 0 Å². The molecule has 3 rings (SSSR count). The zero-order chi connectivity index (χ0) is 20.5. The van der Waals surface area contributed by atoms with Gasteiger partial charge in [0.15, 0.2) is 5.96 Å². The molecule has 0 bridgehead atoms. The maximum Gasteiger partial charge on any atom is 0.222 e. The molecule has 1 amide bonds. The van der Waals surface area contributed by atoms with Gasteiger partial charge in [-0.1, -0.05) is 31.2 Å². The summed E-state index contributed by atoms with van der Waals surface area (Å²) in [5.74, 6) is 1.18. The smallest absolute Gasteiger partial charge is 0.222 e. The fraction of sp³-hybridized carbons (Fsp3) is 0.652. The molecule has 2 aliphatic heterocycles. The molecule has 1 aromatic rings. The topological polar surface area (TPSA) is 60.0 Å². The Balaban J connectivity index is 1.54. The lowest BCUT2D eigenvalue weighted by molar-refractivity contribution is -0.128. The number of hydrogen-bond donors (Lipinski definition) is 2. The second-order valence-corrected chi connectivity index (χ2v) is 8.19. The Morgan fingerprint density at radius 3 is 2.66 bits per heavy atom. The molecule has 0 radical (unpaired) electrons. The Labute approximate surface area is 175 Å². The van der Waals surface area contributed by atoms with Crippen molar-refractivity contribution in [2.45, 2.75) is 65.1 Å². The number of nitrogens with one attached hydrogen (secondary N) is 2. The molecule has 0 aliphatic carbocycles. The molecule has 0 spiro atoms. The van der Waals surface area contributed by atoms with Gasteiger partial charge >= 0.3 is 0 Å². The molecule has 0 atom stereocenters. The van der Waals surface area contributed by atoms with Gasteiger partial charge in [-0.3, -0.25) is 4.79 Å². The van der Waals surface area contributed by atoms with Crippen molar-refractivity contribution in [2.24, 2.45) is 4.99 Å². The van der Waals surface area contributed by atoms with Crippen LogP contribution in [0.5, 0.6) is 0 Å². The van der Waals surface area contributed by atoms with Gasteiger partial charge in [-0.15, -0.1) is 0 Å². The first-order chi connectivity index (χ1) is 14.2. The van der Waals surface area contributed by atoms with Crippen LogP contribution in [0.25, 0.3) is 0 Å². The molecule has 6 heteroatoms. The molecule has 2 saturated heterocycles. The molecule has 2 heterocycles. The summed E-state index contributed by atoms with van der Waals surface area (Å²) < 4.78 is 0. The largest absolute Gasteiger partial charge is 0.357 e. The number of piperidine rings is 1. The highest BCUT2D eigenvalue weighted by Gasteiger charge is 2.20.